The molecule has 0 spiro atoms. The molecule has 7 heterocycles. The summed E-state index contributed by atoms with van der Waals surface area (Å²) in [6, 6.07) is 17.7. The number of halogens is 2. The van der Waals surface area contributed by atoms with Crippen LogP contribution in [0.1, 0.15) is 75.0 Å². The van der Waals surface area contributed by atoms with E-state index in [1.54, 1.807) is 80.9 Å². The van der Waals surface area contributed by atoms with Gasteiger partial charge in [-0.15, -0.1) is 20.4 Å². The SMILES string of the molecule is C.CC(=O)c1cc(-c2nnc3c(n2)NC(=O)C3(C)C)nn1Cc1ccccc1F.CC1(C)C(=O)Nc2nc(-c3cc(-c4ccon4)n(Cc4ccccc4F)n3)nnc21. The molecule has 0 fully saturated rings. The maximum absolute atomic E-state index is 14.2. The molecule has 0 aliphatic carbocycles. The zero-order chi connectivity index (χ0) is 40.9. The Kier molecular flexibility index (Phi) is 10.2. The molecule has 2 amide bonds. The monoisotopic (exact) mass is 801 g/mol. The van der Waals surface area contributed by atoms with Crippen LogP contribution < -0.4 is 10.6 Å². The molecule has 0 radical (unpaired) electrons. The summed E-state index contributed by atoms with van der Waals surface area (Å²) in [6.07, 6.45) is 1.44. The highest BCUT2D eigenvalue weighted by molar-refractivity contribution is 6.04. The Morgan fingerprint density at radius 3 is 1.68 bits per heavy atom. The standard InChI is InChI=1S/C20H16FN7O2.C19H17FN6O2.CH4/c1-20(2)16-18(23-19(20)29)22-17(25-24-16)14-9-15(13-7-8-30-27-13)28(26-14)10-11-5-3-4-6-12(11)21;1-10(27)14-8-13(25-26(14)9-11-6-4-5-7-12(11)20)16-21-17-15(23-24-16)19(2,3)18(28)22-17;/h3-9H,10H2,1-2H3,(H,22,23,25,29);4-8H,9H2,1-3H3,(H,21,22,24,28);1H4. The summed E-state index contributed by atoms with van der Waals surface area (Å²) in [5, 5.41) is 34.9. The summed E-state index contributed by atoms with van der Waals surface area (Å²) >= 11 is 0. The van der Waals surface area contributed by atoms with Crippen LogP contribution in [-0.4, -0.2) is 72.7 Å². The molecular weight excluding hydrogens is 765 g/mol. The van der Waals surface area contributed by atoms with E-state index in [4.69, 9.17) is 4.52 Å². The van der Waals surface area contributed by atoms with E-state index in [0.717, 1.165) is 0 Å². The van der Waals surface area contributed by atoms with Gasteiger partial charge in [0.2, 0.25) is 23.5 Å². The predicted octanol–water partition coefficient (Wildman–Crippen LogP) is 5.80. The number of amides is 2. The molecule has 7 aromatic rings. The molecular formula is C40H37F2N13O4. The van der Waals surface area contributed by atoms with Gasteiger partial charge in [-0.3, -0.25) is 23.7 Å². The number of hydrogen-bond acceptors (Lipinski definition) is 13. The third-order valence-electron chi connectivity index (χ3n) is 9.79. The first-order chi connectivity index (χ1) is 27.7. The van der Waals surface area contributed by atoms with Gasteiger partial charge in [0, 0.05) is 24.1 Å². The van der Waals surface area contributed by atoms with Gasteiger partial charge in [-0.25, -0.2) is 18.7 Å². The van der Waals surface area contributed by atoms with E-state index >= 15 is 0 Å². The fourth-order valence-electron chi connectivity index (χ4n) is 6.33. The number of rotatable bonds is 8. The van der Waals surface area contributed by atoms with Gasteiger partial charge >= 0.3 is 0 Å². The summed E-state index contributed by atoms with van der Waals surface area (Å²) in [5.74, 6) is -0.236. The molecule has 0 saturated heterocycles. The number of carbonyl (C=O) groups excluding carboxylic acids is 3. The van der Waals surface area contributed by atoms with Crippen molar-refractivity contribution in [3.8, 4) is 34.4 Å². The second kappa shape index (κ2) is 15.1. The first-order valence-electron chi connectivity index (χ1n) is 17.9. The molecule has 0 atom stereocenters. The van der Waals surface area contributed by atoms with Gasteiger partial charge in [-0.2, -0.15) is 10.2 Å². The Balaban J connectivity index is 0.000000177. The van der Waals surface area contributed by atoms with Gasteiger partial charge in [-0.1, -0.05) is 49.0 Å². The van der Waals surface area contributed by atoms with Crippen molar-refractivity contribution in [2.45, 2.75) is 66.0 Å². The number of aromatic nitrogens is 11. The predicted molar refractivity (Wildman–Crippen MR) is 209 cm³/mol. The van der Waals surface area contributed by atoms with Gasteiger partial charge in [0.1, 0.15) is 52.1 Å². The number of benzene rings is 2. The van der Waals surface area contributed by atoms with Crippen LogP contribution in [0.4, 0.5) is 20.4 Å². The summed E-state index contributed by atoms with van der Waals surface area (Å²) < 4.78 is 36.2. The van der Waals surface area contributed by atoms with Crippen molar-refractivity contribution in [3.05, 3.63) is 113 Å². The summed E-state index contributed by atoms with van der Waals surface area (Å²) in [5.41, 5.74) is 2.37. The topological polar surface area (TPSA) is 214 Å². The average molecular weight is 802 g/mol. The van der Waals surface area contributed by atoms with Crippen LogP contribution in [-0.2, 0) is 33.5 Å². The van der Waals surface area contributed by atoms with E-state index in [1.807, 2.05) is 0 Å². The van der Waals surface area contributed by atoms with Crippen LogP contribution in [0.5, 0.6) is 0 Å². The van der Waals surface area contributed by atoms with E-state index in [1.165, 1.54) is 36.1 Å². The van der Waals surface area contributed by atoms with E-state index < -0.39 is 10.8 Å². The molecule has 2 aliphatic rings. The Morgan fingerprint density at radius 2 is 1.19 bits per heavy atom. The lowest BCUT2D eigenvalue weighted by Crippen LogP contribution is -2.27. The number of nitrogens with one attached hydrogen (secondary N) is 2. The minimum absolute atomic E-state index is 0. The van der Waals surface area contributed by atoms with Crippen LogP contribution >= 0.6 is 0 Å². The maximum atomic E-state index is 14.2. The minimum Gasteiger partial charge on any atom is -0.364 e. The van der Waals surface area contributed by atoms with Crippen LogP contribution in [0.15, 0.2) is 77.5 Å². The Hall–Kier alpha value is -7.44. The van der Waals surface area contributed by atoms with Crippen molar-refractivity contribution in [2.24, 2.45) is 0 Å². The van der Waals surface area contributed by atoms with Crippen molar-refractivity contribution in [3.63, 3.8) is 0 Å². The zero-order valence-electron chi connectivity index (χ0n) is 31.7. The molecule has 2 aromatic carbocycles. The lowest BCUT2D eigenvalue weighted by Gasteiger charge is -2.11. The number of fused-ring (bicyclic) bond motifs is 2. The van der Waals surface area contributed by atoms with Crippen LogP contribution in [0.2, 0.25) is 0 Å². The van der Waals surface area contributed by atoms with E-state index in [2.05, 4.69) is 56.4 Å². The van der Waals surface area contributed by atoms with Crippen molar-refractivity contribution in [2.75, 3.05) is 10.6 Å². The molecule has 19 heteroatoms. The quantitative estimate of drug-likeness (QED) is 0.174. The van der Waals surface area contributed by atoms with E-state index in [-0.39, 0.29) is 61.4 Å². The second-order valence-electron chi connectivity index (χ2n) is 14.6. The number of anilines is 2. The highest BCUT2D eigenvalue weighted by atomic mass is 19.1. The van der Waals surface area contributed by atoms with Gasteiger partial charge in [0.05, 0.1) is 29.6 Å². The van der Waals surface area contributed by atoms with Crippen LogP contribution in [0, 0.1) is 11.6 Å². The van der Waals surface area contributed by atoms with Crippen LogP contribution in [0.3, 0.4) is 0 Å². The molecule has 59 heavy (non-hydrogen) atoms. The van der Waals surface area contributed by atoms with Gasteiger partial charge in [0.25, 0.3) is 0 Å². The average Bonchev–Trinajstić information content (AvgIpc) is 4.02. The van der Waals surface area contributed by atoms with E-state index in [0.29, 0.717) is 62.6 Å². The Labute approximate surface area is 335 Å². The van der Waals surface area contributed by atoms with Gasteiger partial charge < -0.3 is 15.2 Å². The lowest BCUT2D eigenvalue weighted by atomic mass is 9.91. The number of nitrogens with zero attached hydrogens (tertiary/aromatic N) is 11. The Bertz CT molecular complexity index is 2760. The Morgan fingerprint density at radius 1 is 0.695 bits per heavy atom. The summed E-state index contributed by atoms with van der Waals surface area (Å²) in [7, 11) is 0. The third kappa shape index (κ3) is 7.33. The fourth-order valence-corrected chi connectivity index (χ4v) is 6.33. The van der Waals surface area contributed by atoms with Gasteiger partial charge in [0.15, 0.2) is 17.4 Å². The maximum Gasteiger partial charge on any atom is 0.237 e. The number of ketones is 1. The van der Waals surface area contributed by atoms with Crippen molar-refractivity contribution in [1.82, 2.24) is 55.1 Å². The highest BCUT2D eigenvalue weighted by Crippen LogP contribution is 2.36. The normalized spacial score (nSPS) is 14.4. The second-order valence-corrected chi connectivity index (χ2v) is 14.6. The summed E-state index contributed by atoms with van der Waals surface area (Å²) in [4.78, 5) is 45.0. The molecule has 0 saturated carbocycles. The number of Topliss-reactive ketones (excluding diaryl/α,β-unsaturated/α-hetero) is 1. The molecule has 0 unspecified atom stereocenters. The third-order valence-corrected chi connectivity index (χ3v) is 9.79. The molecule has 2 aliphatic heterocycles. The van der Waals surface area contributed by atoms with E-state index in [9.17, 15) is 23.2 Å². The number of hydrogen-bond donors (Lipinski definition) is 2. The minimum atomic E-state index is -0.817. The fraction of sp³-hybridized carbons (Fsp3) is 0.250. The smallest absolute Gasteiger partial charge is 0.237 e. The largest absolute Gasteiger partial charge is 0.364 e. The lowest BCUT2D eigenvalue weighted by molar-refractivity contribution is -0.120. The first-order valence-corrected chi connectivity index (χ1v) is 17.9. The molecule has 0 bridgehead atoms. The summed E-state index contributed by atoms with van der Waals surface area (Å²) in [6.45, 7) is 8.66. The molecule has 300 valence electrons. The molecule has 2 N–H and O–H groups in total. The number of carbonyl (C=O) groups is 3. The van der Waals surface area contributed by atoms with Gasteiger partial charge in [-0.05, 0) is 52.0 Å². The van der Waals surface area contributed by atoms with Crippen molar-refractivity contribution in [1.29, 1.82) is 0 Å². The van der Waals surface area contributed by atoms with Crippen molar-refractivity contribution >= 4 is 29.2 Å². The highest BCUT2D eigenvalue weighted by Gasteiger charge is 2.43. The van der Waals surface area contributed by atoms with Crippen LogP contribution in [0.25, 0.3) is 34.4 Å². The molecule has 17 nitrogen and oxygen atoms in total. The molecule has 5 aromatic heterocycles. The zero-order valence-corrected chi connectivity index (χ0v) is 31.7. The first kappa shape index (κ1) is 39.8. The van der Waals surface area contributed by atoms with Crippen molar-refractivity contribution < 1.29 is 27.7 Å². The molecule has 9 rings (SSSR count).